The fraction of sp³-hybridized carbons (Fsp3) is 0.429. The Hall–Kier alpha value is -3.71. The van der Waals surface area contributed by atoms with E-state index in [-0.39, 0.29) is 17.0 Å². The normalized spacial score (nSPS) is 22.2. The Kier molecular flexibility index (Phi) is 7.17. The third-order valence-corrected chi connectivity index (χ3v) is 5.42. The lowest BCUT2D eigenvalue weighted by atomic mass is 10.1. The van der Waals surface area contributed by atoms with Crippen molar-refractivity contribution >= 4 is 22.9 Å². The highest BCUT2D eigenvalue weighted by Crippen LogP contribution is 2.39. The van der Waals surface area contributed by atoms with E-state index in [9.17, 15) is 13.6 Å². The molecule has 1 N–H and O–H groups in total. The van der Waals surface area contributed by atoms with Gasteiger partial charge in [-0.1, -0.05) is 30.2 Å². The van der Waals surface area contributed by atoms with Gasteiger partial charge in [0.15, 0.2) is 23.2 Å². The number of imidazole rings is 1. The maximum absolute atomic E-state index is 14.4. The Labute approximate surface area is 197 Å². The van der Waals surface area contributed by atoms with E-state index < -0.39 is 43.1 Å². The summed E-state index contributed by atoms with van der Waals surface area (Å²) in [5.74, 6) is -0.284. The highest BCUT2D eigenvalue weighted by atomic mass is 19.3. The van der Waals surface area contributed by atoms with Crippen molar-refractivity contribution in [1.29, 1.82) is 0 Å². The number of hydrogen-bond acceptors (Lipinski definition) is 8. The average molecular weight is 488 g/mol. The predicted molar refractivity (Wildman–Crippen MR) is 119 cm³/mol. The van der Waals surface area contributed by atoms with Gasteiger partial charge >= 0.3 is 6.11 Å². The van der Waals surface area contributed by atoms with Crippen LogP contribution in [0.15, 0.2) is 48.1 Å². The zero-order chi connectivity index (χ0) is 25.0. The molecule has 1 fully saturated rings. The molecule has 4 atom stereocenters. The number of nitrogens with one attached hydrogen (secondary N) is 1. The number of aromatic nitrogens is 4. The van der Waals surface area contributed by atoms with E-state index in [1.54, 1.807) is 37.3 Å². The van der Waals surface area contributed by atoms with E-state index in [4.69, 9.17) is 15.0 Å². The summed E-state index contributed by atoms with van der Waals surface area (Å²) in [5, 5.41) is 6.34. The number of azide groups is 1. The monoisotopic (exact) mass is 488 g/mol. The second kappa shape index (κ2) is 10.3. The quantitative estimate of drug-likeness (QED) is 0.274. The standard InChI is InChI=1S/C21H22F2N8O4/c1-3-13-14(29-30-24)16(35-21(22,23)9-33-2)20(34-13)31-11-27-15-17(25-10-26-18(15)31)28-19(32)12-7-5-4-6-8-12/h4-8,10-11,13-14,16,20H,3,9H2,1-2H3,(H,25,26,28,32)/t13-,14-,16-,20-/m1/s1. The first-order chi connectivity index (χ1) is 16.9. The largest absolute Gasteiger partial charge is 0.379 e. The van der Waals surface area contributed by atoms with Crippen LogP contribution in [0.3, 0.4) is 0 Å². The summed E-state index contributed by atoms with van der Waals surface area (Å²) in [5.41, 5.74) is 9.84. The third kappa shape index (κ3) is 5.05. The summed E-state index contributed by atoms with van der Waals surface area (Å²) in [6.07, 6.45) is -4.02. The van der Waals surface area contributed by atoms with Crippen LogP contribution in [-0.4, -0.2) is 63.5 Å². The summed E-state index contributed by atoms with van der Waals surface area (Å²) in [7, 11) is 1.12. The van der Waals surface area contributed by atoms with Gasteiger partial charge in [0, 0.05) is 17.6 Å². The van der Waals surface area contributed by atoms with Gasteiger partial charge < -0.3 is 19.5 Å². The molecule has 1 saturated heterocycles. The zero-order valence-corrected chi connectivity index (χ0v) is 18.8. The molecule has 1 aromatic carbocycles. The predicted octanol–water partition coefficient (Wildman–Crippen LogP) is 3.69. The lowest BCUT2D eigenvalue weighted by Crippen LogP contribution is -2.40. The number of carbonyl (C=O) groups excluding carboxylic acids is 1. The second-order valence-electron chi connectivity index (χ2n) is 7.69. The number of halogens is 2. The van der Waals surface area contributed by atoms with Gasteiger partial charge in [0.05, 0.1) is 18.5 Å². The second-order valence-corrected chi connectivity index (χ2v) is 7.69. The first-order valence-corrected chi connectivity index (χ1v) is 10.7. The molecule has 35 heavy (non-hydrogen) atoms. The molecule has 1 amide bonds. The van der Waals surface area contributed by atoms with Crippen LogP contribution in [0.5, 0.6) is 0 Å². The van der Waals surface area contributed by atoms with Crippen LogP contribution in [0.4, 0.5) is 14.6 Å². The van der Waals surface area contributed by atoms with Crippen molar-refractivity contribution < 1.29 is 27.8 Å². The fourth-order valence-electron chi connectivity index (χ4n) is 3.91. The minimum Gasteiger partial charge on any atom is -0.376 e. The SMILES string of the molecule is CC[C@H]1O[C@@H](n2cnc3c(NC(=O)c4ccccc4)ncnc32)[C@H](OC(F)(F)COC)[C@@H]1N=[N+]=[N-]. The van der Waals surface area contributed by atoms with Gasteiger partial charge in [-0.25, -0.2) is 15.0 Å². The molecule has 1 aliphatic rings. The molecule has 12 nitrogen and oxygen atoms in total. The number of rotatable bonds is 9. The number of nitrogens with zero attached hydrogens (tertiary/aromatic N) is 7. The van der Waals surface area contributed by atoms with Crippen molar-refractivity contribution in [3.63, 3.8) is 0 Å². The topological polar surface area (TPSA) is 149 Å². The molecule has 0 spiro atoms. The van der Waals surface area contributed by atoms with Gasteiger partial charge in [-0.05, 0) is 24.1 Å². The smallest absolute Gasteiger partial charge is 0.376 e. The van der Waals surface area contributed by atoms with E-state index in [2.05, 4.69) is 35.0 Å². The molecule has 14 heteroatoms. The molecule has 0 aliphatic carbocycles. The van der Waals surface area contributed by atoms with Crippen LogP contribution < -0.4 is 5.32 Å². The number of hydrogen-bond donors (Lipinski definition) is 1. The highest BCUT2D eigenvalue weighted by molar-refractivity contribution is 6.06. The molecule has 0 unspecified atom stereocenters. The molecule has 1 aliphatic heterocycles. The van der Waals surface area contributed by atoms with Crippen LogP contribution in [0, 0.1) is 0 Å². The van der Waals surface area contributed by atoms with Gasteiger partial charge in [0.25, 0.3) is 5.91 Å². The van der Waals surface area contributed by atoms with Crippen molar-refractivity contribution in [3.05, 3.63) is 59.0 Å². The van der Waals surface area contributed by atoms with Gasteiger partial charge in [0.2, 0.25) is 0 Å². The molecule has 0 saturated carbocycles. The maximum Gasteiger partial charge on any atom is 0.379 e. The third-order valence-electron chi connectivity index (χ3n) is 5.42. The van der Waals surface area contributed by atoms with E-state index in [0.717, 1.165) is 7.11 Å². The number of alkyl halides is 2. The minimum atomic E-state index is -3.67. The van der Waals surface area contributed by atoms with Crippen molar-refractivity contribution in [2.75, 3.05) is 19.0 Å². The van der Waals surface area contributed by atoms with E-state index in [1.165, 1.54) is 17.2 Å². The van der Waals surface area contributed by atoms with Crippen LogP contribution in [-0.2, 0) is 14.2 Å². The Morgan fingerprint density at radius 1 is 1.31 bits per heavy atom. The van der Waals surface area contributed by atoms with Crippen LogP contribution in [0.1, 0.15) is 29.9 Å². The Morgan fingerprint density at radius 2 is 2.09 bits per heavy atom. The summed E-state index contributed by atoms with van der Waals surface area (Å²) in [6.45, 7) is 0.765. The molecule has 0 radical (unpaired) electrons. The minimum absolute atomic E-state index is 0.126. The molecule has 3 aromatic rings. The molecular formula is C21H22F2N8O4. The van der Waals surface area contributed by atoms with Gasteiger partial charge in [0.1, 0.15) is 19.0 Å². The van der Waals surface area contributed by atoms with E-state index in [0.29, 0.717) is 12.0 Å². The summed E-state index contributed by atoms with van der Waals surface area (Å²) in [6, 6.07) is 7.46. The fourth-order valence-corrected chi connectivity index (χ4v) is 3.91. The van der Waals surface area contributed by atoms with Crippen LogP contribution >= 0.6 is 0 Å². The number of anilines is 1. The lowest BCUT2D eigenvalue weighted by Gasteiger charge is -2.27. The van der Waals surface area contributed by atoms with Crippen molar-refractivity contribution in [2.45, 2.75) is 43.9 Å². The Balaban J connectivity index is 1.70. The first-order valence-electron chi connectivity index (χ1n) is 10.7. The van der Waals surface area contributed by atoms with Crippen molar-refractivity contribution in [3.8, 4) is 0 Å². The molecule has 3 heterocycles. The number of ether oxygens (including phenoxy) is 3. The average Bonchev–Trinajstić information content (AvgIpc) is 3.41. The number of amides is 1. The van der Waals surface area contributed by atoms with Gasteiger partial charge in [-0.2, -0.15) is 8.78 Å². The summed E-state index contributed by atoms with van der Waals surface area (Å²) < 4.78 is 45.7. The maximum atomic E-state index is 14.4. The molecule has 184 valence electrons. The van der Waals surface area contributed by atoms with Crippen molar-refractivity contribution in [2.24, 2.45) is 5.11 Å². The first kappa shape index (κ1) is 24.4. The number of fused-ring (bicyclic) bond motifs is 1. The summed E-state index contributed by atoms with van der Waals surface area (Å²) in [4.78, 5) is 28.0. The summed E-state index contributed by atoms with van der Waals surface area (Å²) >= 11 is 0. The Morgan fingerprint density at radius 3 is 2.77 bits per heavy atom. The van der Waals surface area contributed by atoms with Gasteiger partial charge in [-0.3, -0.25) is 9.36 Å². The molecule has 4 rings (SSSR count). The van der Waals surface area contributed by atoms with Gasteiger partial charge in [-0.15, -0.1) is 0 Å². The number of carbonyl (C=O) groups is 1. The number of benzene rings is 1. The lowest BCUT2D eigenvalue weighted by molar-refractivity contribution is -0.293. The van der Waals surface area contributed by atoms with Crippen LogP contribution in [0.25, 0.3) is 21.6 Å². The van der Waals surface area contributed by atoms with Crippen molar-refractivity contribution in [1.82, 2.24) is 19.5 Å². The van der Waals surface area contributed by atoms with Crippen LogP contribution in [0.2, 0.25) is 0 Å². The molecule has 2 aromatic heterocycles. The Bertz CT molecular complexity index is 1230. The highest BCUT2D eigenvalue weighted by Gasteiger charge is 2.50. The molecule has 0 bridgehead atoms. The number of methoxy groups -OCH3 is 1. The molecular weight excluding hydrogens is 466 g/mol. The van der Waals surface area contributed by atoms with E-state index >= 15 is 0 Å². The van der Waals surface area contributed by atoms with E-state index in [1.807, 2.05) is 0 Å². The zero-order valence-electron chi connectivity index (χ0n) is 18.8.